The second-order valence-corrected chi connectivity index (χ2v) is 4.77. The number of carboxylic acids is 1. The molecule has 0 aliphatic rings. The molecular formula is C11H13N3O3S. The first-order chi connectivity index (χ1) is 8.65. The van der Waals surface area contributed by atoms with Gasteiger partial charge in [0, 0.05) is 7.11 Å². The van der Waals surface area contributed by atoms with Crippen LogP contribution in [0.4, 0.5) is 0 Å². The molecular weight excluding hydrogens is 254 g/mol. The molecule has 2 rings (SSSR count). The highest BCUT2D eigenvalue weighted by Crippen LogP contribution is 2.29. The van der Waals surface area contributed by atoms with Crippen molar-refractivity contribution in [2.24, 2.45) is 0 Å². The van der Waals surface area contributed by atoms with Crippen LogP contribution < -0.4 is 0 Å². The standard InChI is InChI=1S/C11H13N3O3S/c1-7(6-17-2)14-10(8-4-3-5-18-8)9(11(15)16)12-13-14/h3-5,7H,6H2,1-2H3,(H,15,16). The van der Waals surface area contributed by atoms with Crippen molar-refractivity contribution in [3.05, 3.63) is 23.2 Å². The van der Waals surface area contributed by atoms with E-state index in [9.17, 15) is 4.79 Å². The van der Waals surface area contributed by atoms with Crippen molar-refractivity contribution in [2.45, 2.75) is 13.0 Å². The lowest BCUT2D eigenvalue weighted by atomic mass is 10.2. The van der Waals surface area contributed by atoms with E-state index in [1.54, 1.807) is 11.8 Å². The first-order valence-electron chi connectivity index (χ1n) is 5.36. The van der Waals surface area contributed by atoms with E-state index < -0.39 is 5.97 Å². The van der Waals surface area contributed by atoms with E-state index in [-0.39, 0.29) is 11.7 Å². The number of hydrogen-bond donors (Lipinski definition) is 1. The zero-order valence-corrected chi connectivity index (χ0v) is 10.8. The van der Waals surface area contributed by atoms with Gasteiger partial charge in [0.25, 0.3) is 0 Å². The first-order valence-corrected chi connectivity index (χ1v) is 6.24. The van der Waals surface area contributed by atoms with Gasteiger partial charge in [0.05, 0.1) is 17.5 Å². The molecule has 7 heteroatoms. The van der Waals surface area contributed by atoms with Gasteiger partial charge in [-0.2, -0.15) is 0 Å². The fraction of sp³-hybridized carbons (Fsp3) is 0.364. The smallest absolute Gasteiger partial charge is 0.358 e. The van der Waals surface area contributed by atoms with Gasteiger partial charge in [-0.15, -0.1) is 16.4 Å². The monoisotopic (exact) mass is 267 g/mol. The van der Waals surface area contributed by atoms with Crippen LogP contribution in [-0.4, -0.2) is 39.8 Å². The molecule has 0 aliphatic carbocycles. The quantitative estimate of drug-likeness (QED) is 0.895. The van der Waals surface area contributed by atoms with Crippen molar-refractivity contribution >= 4 is 17.3 Å². The number of methoxy groups -OCH3 is 1. The highest BCUT2D eigenvalue weighted by atomic mass is 32.1. The molecule has 96 valence electrons. The van der Waals surface area contributed by atoms with Gasteiger partial charge in [0.15, 0.2) is 5.69 Å². The molecule has 2 heterocycles. The average molecular weight is 267 g/mol. The number of hydrogen-bond acceptors (Lipinski definition) is 5. The summed E-state index contributed by atoms with van der Waals surface area (Å²) in [7, 11) is 1.59. The van der Waals surface area contributed by atoms with Gasteiger partial charge in [-0.3, -0.25) is 0 Å². The molecule has 0 aliphatic heterocycles. The summed E-state index contributed by atoms with van der Waals surface area (Å²) in [5.41, 5.74) is 0.502. The van der Waals surface area contributed by atoms with E-state index in [1.165, 1.54) is 11.3 Å². The molecule has 0 amide bonds. The van der Waals surface area contributed by atoms with E-state index in [2.05, 4.69) is 10.3 Å². The maximum atomic E-state index is 11.2. The first kappa shape index (κ1) is 12.7. The fourth-order valence-electron chi connectivity index (χ4n) is 1.70. The molecule has 18 heavy (non-hydrogen) atoms. The minimum absolute atomic E-state index is 0.0274. The third kappa shape index (κ3) is 2.27. The lowest BCUT2D eigenvalue weighted by Gasteiger charge is -2.12. The number of carbonyl (C=O) groups is 1. The molecule has 1 N–H and O–H groups in total. The molecule has 0 spiro atoms. The van der Waals surface area contributed by atoms with Crippen molar-refractivity contribution < 1.29 is 14.6 Å². The maximum Gasteiger partial charge on any atom is 0.358 e. The summed E-state index contributed by atoms with van der Waals surface area (Å²) in [4.78, 5) is 12.0. The van der Waals surface area contributed by atoms with E-state index in [0.29, 0.717) is 12.3 Å². The zero-order valence-electron chi connectivity index (χ0n) is 10.0. The Morgan fingerprint density at radius 1 is 1.67 bits per heavy atom. The summed E-state index contributed by atoms with van der Waals surface area (Å²) in [6.07, 6.45) is 0. The molecule has 2 aromatic rings. The van der Waals surface area contributed by atoms with Gasteiger partial charge in [0.2, 0.25) is 0 Å². The Morgan fingerprint density at radius 3 is 3.00 bits per heavy atom. The van der Waals surface area contributed by atoms with Gasteiger partial charge in [-0.05, 0) is 18.4 Å². The van der Waals surface area contributed by atoms with Crippen LogP contribution in [0.5, 0.6) is 0 Å². The number of rotatable bonds is 5. The average Bonchev–Trinajstić information content (AvgIpc) is 2.97. The molecule has 2 aromatic heterocycles. The van der Waals surface area contributed by atoms with Gasteiger partial charge < -0.3 is 9.84 Å². The lowest BCUT2D eigenvalue weighted by Crippen LogP contribution is -2.14. The minimum atomic E-state index is -1.07. The van der Waals surface area contributed by atoms with Crippen LogP contribution in [0.2, 0.25) is 0 Å². The predicted octanol–water partition coefficient (Wildman–Crippen LogP) is 1.91. The summed E-state index contributed by atoms with van der Waals surface area (Å²) in [6.45, 7) is 2.35. The highest BCUT2D eigenvalue weighted by molar-refractivity contribution is 7.13. The summed E-state index contributed by atoms with van der Waals surface area (Å²) in [5.74, 6) is -1.07. The Balaban J connectivity index is 2.51. The Hall–Kier alpha value is -1.73. The van der Waals surface area contributed by atoms with Crippen molar-refractivity contribution in [1.82, 2.24) is 15.0 Å². The van der Waals surface area contributed by atoms with E-state index in [1.807, 2.05) is 24.4 Å². The number of ether oxygens (including phenoxy) is 1. The SMILES string of the molecule is COCC(C)n1nnc(C(=O)O)c1-c1cccs1. The minimum Gasteiger partial charge on any atom is -0.476 e. The third-order valence-electron chi connectivity index (χ3n) is 2.48. The maximum absolute atomic E-state index is 11.2. The van der Waals surface area contributed by atoms with Crippen LogP contribution in [0.3, 0.4) is 0 Å². The molecule has 1 unspecified atom stereocenters. The Kier molecular flexibility index (Phi) is 3.73. The van der Waals surface area contributed by atoms with Crippen molar-refractivity contribution in [3.8, 4) is 10.6 Å². The number of aromatic nitrogens is 3. The second kappa shape index (κ2) is 5.28. The van der Waals surface area contributed by atoms with Gasteiger partial charge >= 0.3 is 5.97 Å². The van der Waals surface area contributed by atoms with Gasteiger partial charge in [-0.1, -0.05) is 11.3 Å². The molecule has 1 atom stereocenters. The van der Waals surface area contributed by atoms with Crippen LogP contribution in [0.25, 0.3) is 10.6 Å². The number of nitrogens with zero attached hydrogens (tertiary/aromatic N) is 3. The summed E-state index contributed by atoms with van der Waals surface area (Å²) in [6, 6.07) is 3.64. The van der Waals surface area contributed by atoms with Gasteiger partial charge in [0.1, 0.15) is 5.69 Å². The molecule has 0 radical (unpaired) electrons. The zero-order chi connectivity index (χ0) is 13.1. The topological polar surface area (TPSA) is 77.2 Å². The predicted molar refractivity (Wildman–Crippen MR) is 66.9 cm³/mol. The second-order valence-electron chi connectivity index (χ2n) is 3.82. The van der Waals surface area contributed by atoms with Crippen LogP contribution in [0.15, 0.2) is 17.5 Å². The molecule has 0 saturated heterocycles. The summed E-state index contributed by atoms with van der Waals surface area (Å²) in [5, 5.41) is 18.7. The number of carboxylic acid groups (broad SMARTS) is 1. The Morgan fingerprint density at radius 2 is 2.44 bits per heavy atom. The molecule has 6 nitrogen and oxygen atoms in total. The lowest BCUT2D eigenvalue weighted by molar-refractivity contribution is 0.0691. The largest absolute Gasteiger partial charge is 0.476 e. The van der Waals surface area contributed by atoms with E-state index in [4.69, 9.17) is 9.84 Å². The van der Waals surface area contributed by atoms with Crippen molar-refractivity contribution in [1.29, 1.82) is 0 Å². The van der Waals surface area contributed by atoms with Crippen molar-refractivity contribution in [3.63, 3.8) is 0 Å². The molecule has 0 fully saturated rings. The van der Waals surface area contributed by atoms with Crippen LogP contribution in [0, 0.1) is 0 Å². The molecule has 0 bridgehead atoms. The Labute approximate surface area is 108 Å². The van der Waals surface area contributed by atoms with E-state index in [0.717, 1.165) is 4.88 Å². The van der Waals surface area contributed by atoms with Crippen molar-refractivity contribution in [2.75, 3.05) is 13.7 Å². The fourth-order valence-corrected chi connectivity index (χ4v) is 2.46. The number of aromatic carboxylic acids is 1. The summed E-state index contributed by atoms with van der Waals surface area (Å²) < 4.78 is 6.66. The summed E-state index contributed by atoms with van der Waals surface area (Å²) >= 11 is 1.46. The molecule has 0 aromatic carbocycles. The third-order valence-corrected chi connectivity index (χ3v) is 3.35. The van der Waals surface area contributed by atoms with Crippen LogP contribution >= 0.6 is 11.3 Å². The molecule has 0 saturated carbocycles. The highest BCUT2D eigenvalue weighted by Gasteiger charge is 2.23. The van der Waals surface area contributed by atoms with Gasteiger partial charge in [-0.25, -0.2) is 9.48 Å². The number of thiophene rings is 1. The Bertz CT molecular complexity index is 536. The van der Waals surface area contributed by atoms with E-state index >= 15 is 0 Å². The van der Waals surface area contributed by atoms with Crippen LogP contribution in [-0.2, 0) is 4.74 Å². The van der Waals surface area contributed by atoms with Crippen LogP contribution in [0.1, 0.15) is 23.5 Å². The normalized spacial score (nSPS) is 12.6.